The van der Waals surface area contributed by atoms with Crippen LogP contribution >= 0.6 is 0 Å². The fourth-order valence-electron chi connectivity index (χ4n) is 4.36. The molecular weight excluding hydrogens is 435 g/mol. The Hall–Kier alpha value is -3.03. The Kier molecular flexibility index (Phi) is 8.96. The summed E-state index contributed by atoms with van der Waals surface area (Å²) in [6, 6.07) is 13.6. The van der Waals surface area contributed by atoms with Crippen molar-refractivity contribution in [2.45, 2.75) is 70.9 Å². The third-order valence-electron chi connectivity index (χ3n) is 6.22. The van der Waals surface area contributed by atoms with Gasteiger partial charge in [-0.1, -0.05) is 62.4 Å². The fraction of sp³-hybridized carbons (Fsp3) is 0.407. The number of hydrogen-bond donors (Lipinski definition) is 3. The van der Waals surface area contributed by atoms with E-state index < -0.39 is 24.2 Å². The number of halogens is 1. The number of amides is 1. The third-order valence-corrected chi connectivity index (χ3v) is 6.22. The number of hydrogen-bond acceptors (Lipinski definition) is 4. The lowest BCUT2D eigenvalue weighted by molar-refractivity contribution is -0.133. The highest BCUT2D eigenvalue weighted by Crippen LogP contribution is 2.27. The lowest BCUT2D eigenvalue weighted by atomic mass is 9.87. The minimum Gasteiger partial charge on any atom is -0.478 e. The highest BCUT2D eigenvalue weighted by Gasteiger charge is 2.37. The molecule has 1 aliphatic carbocycles. The zero-order valence-electron chi connectivity index (χ0n) is 19.9. The summed E-state index contributed by atoms with van der Waals surface area (Å²) in [7, 11) is 0. The van der Waals surface area contributed by atoms with Crippen molar-refractivity contribution >= 4 is 11.9 Å². The minimum absolute atomic E-state index is 0.0636. The average Bonchev–Trinajstić information content (AvgIpc) is 2.83. The van der Waals surface area contributed by atoms with E-state index >= 15 is 4.39 Å². The van der Waals surface area contributed by atoms with Crippen LogP contribution in [0.3, 0.4) is 0 Å². The summed E-state index contributed by atoms with van der Waals surface area (Å²) in [4.78, 5) is 23.8. The molecule has 3 N–H and O–H groups in total. The molecule has 3 rings (SSSR count). The van der Waals surface area contributed by atoms with E-state index in [1.807, 2.05) is 44.2 Å². The van der Waals surface area contributed by atoms with E-state index in [9.17, 15) is 14.7 Å². The van der Waals surface area contributed by atoms with Gasteiger partial charge >= 0.3 is 5.97 Å². The number of nitrogens with one attached hydrogen (secondary N) is 2. The van der Waals surface area contributed by atoms with E-state index in [1.165, 1.54) is 6.92 Å². The van der Waals surface area contributed by atoms with Crippen molar-refractivity contribution in [2.24, 2.45) is 0 Å². The SMILES string of the molecule is CCC(CC)O[C@@H]1C=C(C(=O)O)C[C@H](NCc2cccc(-c3ccccc3)c2F)[C@H]1NC(C)=O. The summed E-state index contributed by atoms with van der Waals surface area (Å²) in [6.07, 6.45) is 2.65. The molecule has 2 aromatic carbocycles. The molecule has 2 aromatic rings. The Bertz CT molecular complexity index is 1020. The van der Waals surface area contributed by atoms with Crippen LogP contribution in [0.4, 0.5) is 4.39 Å². The van der Waals surface area contributed by atoms with Crippen LogP contribution in [0.15, 0.2) is 60.2 Å². The second-order valence-corrected chi connectivity index (χ2v) is 8.60. The number of ether oxygens (including phenoxy) is 1. The topological polar surface area (TPSA) is 87.7 Å². The first-order valence-electron chi connectivity index (χ1n) is 11.8. The Balaban J connectivity index is 1.86. The molecule has 3 atom stereocenters. The van der Waals surface area contributed by atoms with Crippen LogP contribution in [0.2, 0.25) is 0 Å². The lowest BCUT2D eigenvalue weighted by Gasteiger charge is -2.38. The summed E-state index contributed by atoms with van der Waals surface area (Å²) >= 11 is 0. The first-order chi connectivity index (χ1) is 16.3. The number of rotatable bonds is 10. The molecule has 0 unspecified atom stereocenters. The van der Waals surface area contributed by atoms with Gasteiger partial charge in [-0.15, -0.1) is 0 Å². The molecule has 1 amide bonds. The quantitative estimate of drug-likeness (QED) is 0.480. The zero-order valence-corrected chi connectivity index (χ0v) is 19.9. The second kappa shape index (κ2) is 11.9. The van der Waals surface area contributed by atoms with E-state index in [2.05, 4.69) is 10.6 Å². The van der Waals surface area contributed by atoms with Crippen molar-refractivity contribution < 1.29 is 23.8 Å². The predicted molar refractivity (Wildman–Crippen MR) is 130 cm³/mol. The van der Waals surface area contributed by atoms with Crippen LogP contribution in [0.5, 0.6) is 0 Å². The van der Waals surface area contributed by atoms with Gasteiger partial charge in [0, 0.05) is 36.2 Å². The number of carbonyl (C=O) groups is 2. The van der Waals surface area contributed by atoms with Gasteiger partial charge in [0.15, 0.2) is 0 Å². The minimum atomic E-state index is -1.02. The molecule has 0 heterocycles. The molecule has 0 aromatic heterocycles. The second-order valence-electron chi connectivity index (χ2n) is 8.60. The van der Waals surface area contributed by atoms with Crippen molar-refractivity contribution in [2.75, 3.05) is 0 Å². The van der Waals surface area contributed by atoms with Gasteiger partial charge in [0.05, 0.1) is 18.2 Å². The molecule has 0 saturated carbocycles. The molecular formula is C27H33FN2O4. The maximum Gasteiger partial charge on any atom is 0.331 e. The Morgan fingerprint density at radius 1 is 1.12 bits per heavy atom. The van der Waals surface area contributed by atoms with Crippen molar-refractivity contribution in [3.05, 3.63) is 71.6 Å². The Morgan fingerprint density at radius 2 is 1.82 bits per heavy atom. The maximum atomic E-state index is 15.3. The number of aliphatic carboxylic acids is 1. The molecule has 0 aliphatic heterocycles. The molecule has 0 bridgehead atoms. The predicted octanol–water partition coefficient (Wildman–Crippen LogP) is 4.44. The van der Waals surface area contributed by atoms with Gasteiger partial charge in [-0.2, -0.15) is 0 Å². The smallest absolute Gasteiger partial charge is 0.331 e. The monoisotopic (exact) mass is 468 g/mol. The normalized spacial score (nSPS) is 20.1. The number of carbonyl (C=O) groups excluding carboxylic acids is 1. The molecule has 0 saturated heterocycles. The number of carboxylic acids is 1. The van der Waals surface area contributed by atoms with Gasteiger partial charge in [-0.05, 0) is 30.9 Å². The van der Waals surface area contributed by atoms with Crippen LogP contribution in [0, 0.1) is 5.82 Å². The van der Waals surface area contributed by atoms with Gasteiger partial charge in [0.25, 0.3) is 0 Å². The van der Waals surface area contributed by atoms with Gasteiger partial charge < -0.3 is 20.5 Å². The van der Waals surface area contributed by atoms with E-state index in [0.29, 0.717) is 11.1 Å². The van der Waals surface area contributed by atoms with Crippen LogP contribution < -0.4 is 10.6 Å². The third kappa shape index (κ3) is 6.30. The van der Waals surface area contributed by atoms with E-state index in [0.717, 1.165) is 18.4 Å². The molecule has 0 spiro atoms. The maximum absolute atomic E-state index is 15.3. The average molecular weight is 469 g/mol. The van der Waals surface area contributed by atoms with Crippen molar-refractivity contribution in [1.29, 1.82) is 0 Å². The van der Waals surface area contributed by atoms with Crippen LogP contribution in [0.1, 0.15) is 45.6 Å². The highest BCUT2D eigenvalue weighted by molar-refractivity contribution is 5.87. The first kappa shape index (κ1) is 25.6. The highest BCUT2D eigenvalue weighted by atomic mass is 19.1. The van der Waals surface area contributed by atoms with Crippen molar-refractivity contribution in [3.8, 4) is 11.1 Å². The van der Waals surface area contributed by atoms with E-state index in [1.54, 1.807) is 24.3 Å². The van der Waals surface area contributed by atoms with Crippen LogP contribution in [-0.4, -0.2) is 41.3 Å². The van der Waals surface area contributed by atoms with Gasteiger partial charge in [-0.3, -0.25) is 4.79 Å². The zero-order chi connectivity index (χ0) is 24.7. The van der Waals surface area contributed by atoms with Gasteiger partial charge in [-0.25, -0.2) is 9.18 Å². The van der Waals surface area contributed by atoms with Crippen molar-refractivity contribution in [3.63, 3.8) is 0 Å². The van der Waals surface area contributed by atoms with E-state index in [-0.39, 0.29) is 36.4 Å². The molecule has 34 heavy (non-hydrogen) atoms. The largest absolute Gasteiger partial charge is 0.478 e. The molecule has 7 heteroatoms. The van der Waals surface area contributed by atoms with Gasteiger partial charge in [0.1, 0.15) is 5.82 Å². The first-order valence-corrected chi connectivity index (χ1v) is 11.8. The van der Waals surface area contributed by atoms with E-state index in [4.69, 9.17) is 4.74 Å². The Labute approximate surface area is 200 Å². The molecule has 1 aliphatic rings. The van der Waals surface area contributed by atoms with Crippen LogP contribution in [-0.2, 0) is 20.9 Å². The summed E-state index contributed by atoms with van der Waals surface area (Å²) in [5.74, 6) is -1.59. The van der Waals surface area contributed by atoms with Crippen molar-refractivity contribution in [1.82, 2.24) is 10.6 Å². The lowest BCUT2D eigenvalue weighted by Crippen LogP contribution is -2.58. The van der Waals surface area contributed by atoms with Gasteiger partial charge in [0.2, 0.25) is 5.91 Å². The Morgan fingerprint density at radius 3 is 2.44 bits per heavy atom. The number of benzene rings is 2. The molecule has 0 fully saturated rings. The summed E-state index contributed by atoms with van der Waals surface area (Å²) in [6.45, 7) is 5.61. The standard InChI is InChI=1S/C27H33FN2O4/c1-4-21(5-2)34-24-15-20(27(32)33)14-23(26(24)30-17(3)31)29-16-19-12-9-13-22(25(19)28)18-10-7-6-8-11-18/h6-13,15,21,23-24,26,29H,4-5,14,16H2,1-3H3,(H,30,31)(H,32,33)/t23-,24+,26+/m0/s1. The summed E-state index contributed by atoms with van der Waals surface area (Å²) in [5.41, 5.74) is 1.97. The number of carboxylic acid groups (broad SMARTS) is 1. The summed E-state index contributed by atoms with van der Waals surface area (Å²) in [5, 5.41) is 15.9. The molecule has 0 radical (unpaired) electrons. The fourth-order valence-corrected chi connectivity index (χ4v) is 4.36. The molecule has 182 valence electrons. The molecule has 6 nitrogen and oxygen atoms in total. The summed E-state index contributed by atoms with van der Waals surface area (Å²) < 4.78 is 21.5. The van der Waals surface area contributed by atoms with Crippen LogP contribution in [0.25, 0.3) is 11.1 Å².